The van der Waals surface area contributed by atoms with Gasteiger partial charge in [-0.1, -0.05) is 11.6 Å². The van der Waals surface area contributed by atoms with Crippen molar-refractivity contribution in [3.05, 3.63) is 28.8 Å². The third kappa shape index (κ3) is 1.85. The summed E-state index contributed by atoms with van der Waals surface area (Å²) in [5.41, 5.74) is 0. The molecular weight excluding hydrogens is 186 g/mol. The van der Waals surface area contributed by atoms with E-state index < -0.39 is 11.6 Å². The summed E-state index contributed by atoms with van der Waals surface area (Å²) < 4.78 is 30.2. The van der Waals surface area contributed by atoms with Crippen LogP contribution in [-0.4, -0.2) is 6.61 Å². The Labute approximate surface area is 73.9 Å². The molecule has 0 saturated carbocycles. The van der Waals surface area contributed by atoms with E-state index in [1.165, 1.54) is 0 Å². The summed E-state index contributed by atoms with van der Waals surface area (Å²) in [5.74, 6) is -1.54. The maximum absolute atomic E-state index is 12.8. The summed E-state index contributed by atoms with van der Waals surface area (Å²) in [6.07, 6.45) is 0. The van der Waals surface area contributed by atoms with Gasteiger partial charge in [0.25, 0.3) is 0 Å². The van der Waals surface area contributed by atoms with Gasteiger partial charge < -0.3 is 4.74 Å². The molecule has 1 aromatic rings. The fourth-order valence-electron chi connectivity index (χ4n) is 0.770. The maximum atomic E-state index is 12.8. The van der Waals surface area contributed by atoms with Crippen molar-refractivity contribution in [2.75, 3.05) is 6.61 Å². The Morgan fingerprint density at radius 3 is 2.58 bits per heavy atom. The third-order valence-electron chi connectivity index (χ3n) is 1.27. The van der Waals surface area contributed by atoms with Gasteiger partial charge in [0.05, 0.1) is 11.6 Å². The first-order valence-electron chi connectivity index (χ1n) is 3.42. The molecule has 1 rings (SSSR count). The number of halogens is 3. The van der Waals surface area contributed by atoms with Crippen LogP contribution >= 0.6 is 11.6 Å². The van der Waals surface area contributed by atoms with E-state index in [0.29, 0.717) is 12.7 Å². The van der Waals surface area contributed by atoms with Gasteiger partial charge in [-0.25, -0.2) is 8.78 Å². The average molecular weight is 193 g/mol. The molecule has 1 aromatic carbocycles. The van der Waals surface area contributed by atoms with Crippen LogP contribution in [0, 0.1) is 11.6 Å². The van der Waals surface area contributed by atoms with Crippen molar-refractivity contribution < 1.29 is 13.5 Å². The SMILES string of the molecule is CCOc1cc(Cl)c(F)cc1F. The van der Waals surface area contributed by atoms with Crippen LogP contribution in [0.4, 0.5) is 8.78 Å². The summed E-state index contributed by atoms with van der Waals surface area (Å²) in [6, 6.07) is 1.82. The molecule has 0 aliphatic rings. The molecule has 0 atom stereocenters. The molecule has 0 spiro atoms. The van der Waals surface area contributed by atoms with Crippen molar-refractivity contribution in [2.45, 2.75) is 6.92 Å². The average Bonchev–Trinajstić information content (AvgIpc) is 2.01. The maximum Gasteiger partial charge on any atom is 0.168 e. The molecule has 0 heterocycles. The smallest absolute Gasteiger partial charge is 0.168 e. The van der Waals surface area contributed by atoms with Crippen molar-refractivity contribution in [1.29, 1.82) is 0 Å². The van der Waals surface area contributed by atoms with E-state index in [9.17, 15) is 8.78 Å². The Balaban J connectivity index is 3.05. The number of benzene rings is 1. The molecule has 0 radical (unpaired) electrons. The fourth-order valence-corrected chi connectivity index (χ4v) is 0.924. The van der Waals surface area contributed by atoms with Crippen molar-refractivity contribution in [3.8, 4) is 5.75 Å². The lowest BCUT2D eigenvalue weighted by atomic mass is 10.3. The van der Waals surface area contributed by atoms with Crippen molar-refractivity contribution in [1.82, 2.24) is 0 Å². The van der Waals surface area contributed by atoms with Crippen LogP contribution in [0.5, 0.6) is 5.75 Å². The van der Waals surface area contributed by atoms with Gasteiger partial charge in [-0.3, -0.25) is 0 Å². The van der Waals surface area contributed by atoms with E-state index >= 15 is 0 Å². The van der Waals surface area contributed by atoms with E-state index in [4.69, 9.17) is 16.3 Å². The van der Waals surface area contributed by atoms with Crippen molar-refractivity contribution >= 4 is 11.6 Å². The molecule has 0 bridgehead atoms. The fraction of sp³-hybridized carbons (Fsp3) is 0.250. The second kappa shape index (κ2) is 3.72. The minimum atomic E-state index is -0.780. The quantitative estimate of drug-likeness (QED) is 0.655. The molecule has 0 aromatic heterocycles. The highest BCUT2D eigenvalue weighted by Gasteiger charge is 2.08. The van der Waals surface area contributed by atoms with E-state index in [-0.39, 0.29) is 10.8 Å². The Kier molecular flexibility index (Phi) is 2.87. The van der Waals surface area contributed by atoms with Crippen LogP contribution in [0.25, 0.3) is 0 Å². The molecule has 66 valence electrons. The minimum Gasteiger partial charge on any atom is -0.491 e. The van der Waals surface area contributed by atoms with Crippen molar-refractivity contribution in [2.24, 2.45) is 0 Å². The number of hydrogen-bond acceptors (Lipinski definition) is 1. The molecule has 0 saturated heterocycles. The highest BCUT2D eigenvalue weighted by atomic mass is 35.5. The number of rotatable bonds is 2. The molecule has 0 unspecified atom stereocenters. The molecule has 4 heteroatoms. The van der Waals surface area contributed by atoms with Gasteiger partial charge in [0.15, 0.2) is 11.6 Å². The standard InChI is InChI=1S/C8H7ClF2O/c1-2-12-8-3-5(9)6(10)4-7(8)11/h3-4H,2H2,1H3. The molecule has 0 N–H and O–H groups in total. The molecule has 0 aliphatic heterocycles. The van der Waals surface area contributed by atoms with Crippen LogP contribution in [-0.2, 0) is 0 Å². The van der Waals surface area contributed by atoms with Gasteiger partial charge in [-0.15, -0.1) is 0 Å². The van der Waals surface area contributed by atoms with Gasteiger partial charge in [-0.2, -0.15) is 0 Å². The first-order valence-corrected chi connectivity index (χ1v) is 3.80. The molecular formula is C8H7ClF2O. The van der Waals surface area contributed by atoms with E-state index in [2.05, 4.69) is 0 Å². The number of hydrogen-bond donors (Lipinski definition) is 0. The van der Waals surface area contributed by atoms with Crippen LogP contribution < -0.4 is 4.74 Å². The third-order valence-corrected chi connectivity index (χ3v) is 1.56. The lowest BCUT2D eigenvalue weighted by Crippen LogP contribution is -1.95. The topological polar surface area (TPSA) is 9.23 Å². The summed E-state index contributed by atoms with van der Waals surface area (Å²) in [4.78, 5) is 0. The Morgan fingerprint density at radius 2 is 2.00 bits per heavy atom. The van der Waals surface area contributed by atoms with Gasteiger partial charge >= 0.3 is 0 Å². The second-order valence-corrected chi connectivity index (χ2v) is 2.54. The van der Waals surface area contributed by atoms with Crippen LogP contribution in [0.15, 0.2) is 12.1 Å². The Morgan fingerprint density at radius 1 is 1.33 bits per heavy atom. The first-order chi connectivity index (χ1) is 5.65. The highest BCUT2D eigenvalue weighted by Crippen LogP contribution is 2.24. The Bertz CT molecular complexity index is 289. The van der Waals surface area contributed by atoms with Crippen molar-refractivity contribution in [3.63, 3.8) is 0 Å². The molecule has 0 fully saturated rings. The molecule has 12 heavy (non-hydrogen) atoms. The zero-order valence-corrected chi connectivity index (χ0v) is 7.16. The second-order valence-electron chi connectivity index (χ2n) is 2.13. The predicted molar refractivity (Wildman–Crippen MR) is 42.5 cm³/mol. The van der Waals surface area contributed by atoms with Crippen LogP contribution in [0.2, 0.25) is 5.02 Å². The van der Waals surface area contributed by atoms with Gasteiger partial charge in [0, 0.05) is 12.1 Å². The minimum absolute atomic E-state index is 0.0242. The molecule has 0 aliphatic carbocycles. The van der Waals surface area contributed by atoms with Crippen LogP contribution in [0.1, 0.15) is 6.92 Å². The summed E-state index contributed by atoms with van der Waals surface area (Å²) in [6.45, 7) is 2.02. The van der Waals surface area contributed by atoms with Gasteiger partial charge in [0.2, 0.25) is 0 Å². The normalized spacial score (nSPS) is 10.0. The zero-order valence-electron chi connectivity index (χ0n) is 6.40. The first kappa shape index (κ1) is 9.26. The number of ether oxygens (including phenoxy) is 1. The zero-order chi connectivity index (χ0) is 9.14. The highest BCUT2D eigenvalue weighted by molar-refractivity contribution is 6.30. The lowest BCUT2D eigenvalue weighted by Gasteiger charge is -2.04. The summed E-state index contributed by atoms with van der Waals surface area (Å²) in [5, 5.41) is -0.139. The lowest BCUT2D eigenvalue weighted by molar-refractivity contribution is 0.320. The van der Waals surface area contributed by atoms with Crippen LogP contribution in [0.3, 0.4) is 0 Å². The van der Waals surface area contributed by atoms with E-state index in [1.807, 2.05) is 0 Å². The predicted octanol–water partition coefficient (Wildman–Crippen LogP) is 3.02. The Hall–Kier alpha value is -0.830. The van der Waals surface area contributed by atoms with E-state index in [0.717, 1.165) is 6.07 Å². The monoisotopic (exact) mass is 192 g/mol. The largest absolute Gasteiger partial charge is 0.491 e. The van der Waals surface area contributed by atoms with E-state index in [1.54, 1.807) is 6.92 Å². The van der Waals surface area contributed by atoms with Gasteiger partial charge in [0.1, 0.15) is 5.82 Å². The summed E-state index contributed by atoms with van der Waals surface area (Å²) >= 11 is 5.40. The van der Waals surface area contributed by atoms with Gasteiger partial charge in [-0.05, 0) is 6.92 Å². The molecule has 0 amide bonds. The molecule has 1 nitrogen and oxygen atoms in total. The summed E-state index contributed by atoms with van der Waals surface area (Å²) in [7, 11) is 0.